The fraction of sp³-hybridized carbons (Fsp3) is 0.292. The normalized spacial score (nSPS) is 14.4. The predicted octanol–water partition coefficient (Wildman–Crippen LogP) is 3.39. The van der Waals surface area contributed by atoms with Gasteiger partial charge in [-0.3, -0.25) is 9.59 Å². The number of phenols is 1. The SMILES string of the molecule is O=C(Nc1ccccc1O)C1CCN(C(=O)CCc2cnn(-c3ccccc3)c2)CC1. The molecule has 160 valence electrons. The van der Waals surface area contributed by atoms with E-state index < -0.39 is 0 Å². The van der Waals surface area contributed by atoms with Crippen molar-refractivity contribution in [1.82, 2.24) is 14.7 Å². The van der Waals surface area contributed by atoms with E-state index in [0.29, 0.717) is 44.5 Å². The smallest absolute Gasteiger partial charge is 0.227 e. The number of piperidine rings is 1. The molecule has 0 unspecified atom stereocenters. The number of amides is 2. The zero-order chi connectivity index (χ0) is 21.6. The van der Waals surface area contributed by atoms with Crippen LogP contribution in [0.5, 0.6) is 5.75 Å². The highest BCUT2D eigenvalue weighted by Gasteiger charge is 2.27. The number of nitrogens with zero attached hydrogens (tertiary/aromatic N) is 3. The number of benzene rings is 2. The Balaban J connectivity index is 1.24. The molecule has 1 saturated heterocycles. The van der Waals surface area contributed by atoms with Gasteiger partial charge in [0.05, 0.1) is 17.6 Å². The Hall–Kier alpha value is -3.61. The quantitative estimate of drug-likeness (QED) is 0.601. The summed E-state index contributed by atoms with van der Waals surface area (Å²) in [7, 11) is 0. The monoisotopic (exact) mass is 418 g/mol. The van der Waals surface area contributed by atoms with Crippen LogP contribution in [0.25, 0.3) is 5.69 Å². The molecule has 0 radical (unpaired) electrons. The van der Waals surface area contributed by atoms with E-state index in [1.807, 2.05) is 46.1 Å². The van der Waals surface area contributed by atoms with Crippen LogP contribution >= 0.6 is 0 Å². The number of nitrogens with one attached hydrogen (secondary N) is 1. The number of hydrogen-bond acceptors (Lipinski definition) is 4. The summed E-state index contributed by atoms with van der Waals surface area (Å²) in [5.41, 5.74) is 2.43. The second-order valence-electron chi connectivity index (χ2n) is 7.79. The number of rotatable bonds is 6. The Kier molecular flexibility index (Phi) is 6.31. The number of carbonyl (C=O) groups excluding carboxylic acids is 2. The molecule has 0 bridgehead atoms. The lowest BCUT2D eigenvalue weighted by Gasteiger charge is -2.31. The van der Waals surface area contributed by atoms with Crippen molar-refractivity contribution in [2.45, 2.75) is 25.7 Å². The van der Waals surface area contributed by atoms with Crippen molar-refractivity contribution >= 4 is 17.5 Å². The molecule has 1 fully saturated rings. The van der Waals surface area contributed by atoms with Crippen molar-refractivity contribution in [1.29, 1.82) is 0 Å². The largest absolute Gasteiger partial charge is 0.506 e. The molecule has 2 aromatic carbocycles. The molecule has 0 aliphatic carbocycles. The lowest BCUT2D eigenvalue weighted by atomic mass is 9.95. The average Bonchev–Trinajstić information content (AvgIpc) is 3.29. The number of likely N-dealkylation sites (tertiary alicyclic amines) is 1. The van der Waals surface area contributed by atoms with E-state index in [2.05, 4.69) is 10.4 Å². The average molecular weight is 418 g/mol. The first-order valence-corrected chi connectivity index (χ1v) is 10.6. The van der Waals surface area contributed by atoms with Crippen molar-refractivity contribution in [3.05, 3.63) is 72.6 Å². The highest BCUT2D eigenvalue weighted by molar-refractivity contribution is 5.94. The minimum absolute atomic E-state index is 0.0547. The van der Waals surface area contributed by atoms with Crippen LogP contribution in [0.1, 0.15) is 24.8 Å². The van der Waals surface area contributed by atoms with Gasteiger partial charge in [0, 0.05) is 31.6 Å². The van der Waals surface area contributed by atoms with Gasteiger partial charge in [-0.2, -0.15) is 5.10 Å². The summed E-state index contributed by atoms with van der Waals surface area (Å²) in [6.07, 6.45) is 6.07. The van der Waals surface area contributed by atoms with Crippen LogP contribution in [0, 0.1) is 5.92 Å². The number of aromatic hydroxyl groups is 1. The predicted molar refractivity (Wildman–Crippen MR) is 118 cm³/mol. The maximum atomic E-state index is 12.6. The zero-order valence-corrected chi connectivity index (χ0v) is 17.3. The number of hydrogen-bond donors (Lipinski definition) is 2. The van der Waals surface area contributed by atoms with Gasteiger partial charge < -0.3 is 15.3 Å². The Labute approximate surface area is 181 Å². The van der Waals surface area contributed by atoms with E-state index in [4.69, 9.17) is 0 Å². The van der Waals surface area contributed by atoms with Crippen LogP contribution in [0.2, 0.25) is 0 Å². The van der Waals surface area contributed by atoms with Crippen molar-refractivity contribution < 1.29 is 14.7 Å². The van der Waals surface area contributed by atoms with E-state index in [1.54, 1.807) is 30.5 Å². The lowest BCUT2D eigenvalue weighted by Crippen LogP contribution is -2.41. The fourth-order valence-corrected chi connectivity index (χ4v) is 3.83. The molecular formula is C24H26N4O3. The van der Waals surface area contributed by atoms with E-state index in [0.717, 1.165) is 11.3 Å². The Morgan fingerprint density at radius 1 is 1.03 bits per heavy atom. The summed E-state index contributed by atoms with van der Waals surface area (Å²) in [5.74, 6) is -0.110. The van der Waals surface area contributed by atoms with Crippen molar-refractivity contribution in [2.24, 2.45) is 5.92 Å². The maximum Gasteiger partial charge on any atom is 0.227 e. The van der Waals surface area contributed by atoms with Crippen LogP contribution in [-0.4, -0.2) is 44.7 Å². The molecule has 1 aliphatic heterocycles. The van der Waals surface area contributed by atoms with Gasteiger partial charge in [-0.15, -0.1) is 0 Å². The van der Waals surface area contributed by atoms with Crippen LogP contribution in [-0.2, 0) is 16.0 Å². The third kappa shape index (κ3) is 5.12. The third-order valence-electron chi connectivity index (χ3n) is 5.66. The van der Waals surface area contributed by atoms with E-state index in [1.165, 1.54) is 0 Å². The van der Waals surface area contributed by atoms with E-state index in [9.17, 15) is 14.7 Å². The van der Waals surface area contributed by atoms with Gasteiger partial charge in [-0.25, -0.2) is 4.68 Å². The summed E-state index contributed by atoms with van der Waals surface area (Å²) in [6.45, 7) is 1.14. The summed E-state index contributed by atoms with van der Waals surface area (Å²) in [4.78, 5) is 27.0. The van der Waals surface area contributed by atoms with Crippen LogP contribution in [0.15, 0.2) is 67.0 Å². The molecule has 0 spiro atoms. The van der Waals surface area contributed by atoms with Gasteiger partial charge in [-0.05, 0) is 49.1 Å². The van der Waals surface area contributed by atoms with Crippen LogP contribution in [0.4, 0.5) is 5.69 Å². The van der Waals surface area contributed by atoms with Gasteiger partial charge in [0.15, 0.2) is 0 Å². The van der Waals surface area contributed by atoms with Gasteiger partial charge >= 0.3 is 0 Å². The number of carbonyl (C=O) groups is 2. The topological polar surface area (TPSA) is 87.5 Å². The molecule has 2 heterocycles. The maximum absolute atomic E-state index is 12.6. The first kappa shape index (κ1) is 20.7. The summed E-state index contributed by atoms with van der Waals surface area (Å²) < 4.78 is 1.81. The van der Waals surface area contributed by atoms with Crippen LogP contribution < -0.4 is 5.32 Å². The van der Waals surface area contributed by atoms with Crippen molar-refractivity contribution in [2.75, 3.05) is 18.4 Å². The second-order valence-corrected chi connectivity index (χ2v) is 7.79. The Morgan fingerprint density at radius 3 is 2.48 bits per heavy atom. The molecule has 0 saturated carbocycles. The van der Waals surface area contributed by atoms with E-state index >= 15 is 0 Å². The third-order valence-corrected chi connectivity index (χ3v) is 5.66. The first-order valence-electron chi connectivity index (χ1n) is 10.6. The minimum Gasteiger partial charge on any atom is -0.506 e. The first-order chi connectivity index (χ1) is 15.1. The second kappa shape index (κ2) is 9.47. The number of anilines is 1. The van der Waals surface area contributed by atoms with Crippen molar-refractivity contribution in [3.63, 3.8) is 0 Å². The molecule has 1 aliphatic rings. The number of aromatic nitrogens is 2. The molecule has 4 rings (SSSR count). The molecule has 1 aromatic heterocycles. The van der Waals surface area contributed by atoms with Gasteiger partial charge in [0.25, 0.3) is 0 Å². The molecular weight excluding hydrogens is 392 g/mol. The molecule has 0 atom stereocenters. The highest BCUT2D eigenvalue weighted by Crippen LogP contribution is 2.25. The van der Waals surface area contributed by atoms with Gasteiger partial charge in [0.2, 0.25) is 11.8 Å². The Bertz CT molecular complexity index is 1040. The van der Waals surface area contributed by atoms with Gasteiger partial charge in [0.1, 0.15) is 5.75 Å². The lowest BCUT2D eigenvalue weighted by molar-refractivity contribution is -0.134. The molecule has 7 heteroatoms. The molecule has 2 N–H and O–H groups in total. The molecule has 31 heavy (non-hydrogen) atoms. The van der Waals surface area contributed by atoms with Crippen LogP contribution in [0.3, 0.4) is 0 Å². The fourth-order valence-electron chi connectivity index (χ4n) is 3.83. The van der Waals surface area contributed by atoms with E-state index in [-0.39, 0.29) is 23.5 Å². The number of aryl methyl sites for hydroxylation is 1. The molecule has 7 nitrogen and oxygen atoms in total. The molecule has 3 aromatic rings. The molecule has 2 amide bonds. The number of phenolic OH excluding ortho intramolecular Hbond substituents is 1. The Morgan fingerprint density at radius 2 is 1.74 bits per heavy atom. The highest BCUT2D eigenvalue weighted by atomic mass is 16.3. The zero-order valence-electron chi connectivity index (χ0n) is 17.3. The standard InChI is InChI=1S/C24H26N4O3/c29-22-9-5-4-8-21(22)26-24(31)19-12-14-27(15-13-19)23(30)11-10-18-16-25-28(17-18)20-6-2-1-3-7-20/h1-9,16-17,19,29H,10-15H2,(H,26,31). The number of para-hydroxylation sites is 3. The summed E-state index contributed by atoms with van der Waals surface area (Å²) in [5, 5.41) is 17.0. The van der Waals surface area contributed by atoms with Gasteiger partial charge in [-0.1, -0.05) is 30.3 Å². The van der Waals surface area contributed by atoms with Crippen molar-refractivity contribution in [3.8, 4) is 11.4 Å². The summed E-state index contributed by atoms with van der Waals surface area (Å²) in [6, 6.07) is 16.6. The minimum atomic E-state index is -0.159. The summed E-state index contributed by atoms with van der Waals surface area (Å²) >= 11 is 0.